The van der Waals surface area contributed by atoms with Crippen LogP contribution in [-0.2, 0) is 26.5 Å². The van der Waals surface area contributed by atoms with E-state index in [1.54, 1.807) is 0 Å². The molecule has 0 radical (unpaired) electrons. The smallest absolute Gasteiger partial charge is 0.331 e. The summed E-state index contributed by atoms with van der Waals surface area (Å²) in [5.41, 5.74) is 3.52. The molecule has 0 atom stereocenters. The van der Waals surface area contributed by atoms with Crippen molar-refractivity contribution in [2.24, 2.45) is 0 Å². The number of hydrogen-bond donors (Lipinski definition) is 2. The molecule has 2 rings (SSSR count). The monoisotopic (exact) mass is 642 g/mol. The fourth-order valence-electron chi connectivity index (χ4n) is 5.50. The molecule has 0 saturated heterocycles. The lowest BCUT2D eigenvalue weighted by atomic mass is 9.72. The Balaban J connectivity index is 2.71. The van der Waals surface area contributed by atoms with Gasteiger partial charge in [0, 0.05) is 32.0 Å². The lowest BCUT2D eigenvalue weighted by Crippen LogP contribution is -2.24. The first-order valence-electron chi connectivity index (χ1n) is 16.1. The van der Waals surface area contributed by atoms with E-state index in [1.165, 1.54) is 11.2 Å². The topological polar surface area (TPSA) is 66.8 Å². The van der Waals surface area contributed by atoms with E-state index in [1.807, 2.05) is 23.5 Å². The van der Waals surface area contributed by atoms with Gasteiger partial charge in [-0.15, -0.1) is 23.5 Å². The summed E-state index contributed by atoms with van der Waals surface area (Å²) in [5.74, 6) is 0.152. The van der Waals surface area contributed by atoms with Gasteiger partial charge >= 0.3 is 5.97 Å². The Bertz CT molecular complexity index is 1260. The van der Waals surface area contributed by atoms with Gasteiger partial charge in [-0.3, -0.25) is 0 Å². The molecule has 0 aliphatic carbocycles. The van der Waals surface area contributed by atoms with Gasteiger partial charge in [-0.2, -0.15) is 0 Å². The second-order valence-corrected chi connectivity index (χ2v) is 18.8. The van der Waals surface area contributed by atoms with Crippen LogP contribution in [-0.4, -0.2) is 20.3 Å². The molecular weight excluding hydrogens is 585 g/mol. The third kappa shape index (κ3) is 9.02. The Labute approximate surface area is 276 Å². The molecule has 0 fully saturated rings. The van der Waals surface area contributed by atoms with Crippen molar-refractivity contribution in [3.63, 3.8) is 0 Å². The average Bonchev–Trinajstić information content (AvgIpc) is 2.91. The van der Waals surface area contributed by atoms with Gasteiger partial charge in [-0.25, -0.2) is 4.79 Å². The van der Waals surface area contributed by atoms with Gasteiger partial charge in [-0.1, -0.05) is 83.1 Å². The van der Waals surface area contributed by atoms with Crippen LogP contribution < -0.4 is 4.74 Å². The summed E-state index contributed by atoms with van der Waals surface area (Å²) in [7, 11) is 0. The van der Waals surface area contributed by atoms with Crippen molar-refractivity contribution in [3.8, 4) is 11.5 Å². The van der Waals surface area contributed by atoms with Gasteiger partial charge < -0.3 is 14.9 Å². The number of hydrogen-bond acceptors (Lipinski definition) is 5. The van der Waals surface area contributed by atoms with Gasteiger partial charge in [0.15, 0.2) is 0 Å². The first kappa shape index (κ1) is 38.1. The molecule has 2 aromatic rings. The predicted molar refractivity (Wildman–Crippen MR) is 191 cm³/mol. The van der Waals surface area contributed by atoms with E-state index in [9.17, 15) is 9.90 Å². The van der Waals surface area contributed by atoms with Crippen molar-refractivity contribution in [2.75, 3.05) is 0 Å². The number of aromatic hydroxyl groups is 1. The first-order chi connectivity index (χ1) is 20.1. The zero-order valence-corrected chi connectivity index (χ0v) is 31.5. The Hall–Kier alpha value is -2.05. The van der Waals surface area contributed by atoms with Crippen LogP contribution in [0.25, 0.3) is 0 Å². The first-order valence-corrected chi connectivity index (χ1v) is 17.7. The predicted octanol–water partition coefficient (Wildman–Crippen LogP) is 11.7. The van der Waals surface area contributed by atoms with Gasteiger partial charge in [0.2, 0.25) is 0 Å². The molecule has 0 unspecified atom stereocenters. The van der Waals surface area contributed by atoms with Gasteiger partial charge in [0.05, 0.1) is 16.4 Å². The van der Waals surface area contributed by atoms with E-state index in [2.05, 4.69) is 121 Å². The summed E-state index contributed by atoms with van der Waals surface area (Å²) in [5, 5.41) is 20.9. The second kappa shape index (κ2) is 14.2. The summed E-state index contributed by atoms with van der Waals surface area (Å²) in [6, 6.07) is 8.88. The molecule has 0 aliphatic heterocycles. The number of carboxylic acids is 1. The summed E-state index contributed by atoms with van der Waals surface area (Å²) >= 11 is 3.67. The molecule has 0 spiro atoms. The third-order valence-electron chi connectivity index (χ3n) is 9.31. The van der Waals surface area contributed by atoms with Crippen molar-refractivity contribution in [3.05, 3.63) is 58.9 Å². The van der Waals surface area contributed by atoms with E-state index in [0.717, 1.165) is 64.7 Å². The number of benzene rings is 2. The number of phenols is 1. The minimum absolute atomic E-state index is 0.108. The fourth-order valence-corrected chi connectivity index (χ4v) is 8.09. The van der Waals surface area contributed by atoms with E-state index in [4.69, 9.17) is 9.84 Å². The maximum atomic E-state index is 11.7. The highest BCUT2D eigenvalue weighted by Gasteiger charge is 2.35. The minimum Gasteiger partial charge on any atom is -0.507 e. The lowest BCUT2D eigenvalue weighted by molar-refractivity contribution is -0.131. The summed E-state index contributed by atoms with van der Waals surface area (Å²) in [6.45, 7) is 30.9. The molecule has 2 N–H and O–H groups in total. The highest BCUT2D eigenvalue weighted by atomic mass is 32.2. The number of rotatable bonds is 13. The summed E-state index contributed by atoms with van der Waals surface area (Å²) in [4.78, 5) is 13.5. The average molecular weight is 643 g/mol. The van der Waals surface area contributed by atoms with Gasteiger partial charge in [-0.05, 0) is 85.5 Å². The van der Waals surface area contributed by atoms with Crippen molar-refractivity contribution >= 4 is 29.5 Å². The van der Waals surface area contributed by atoms with E-state index in [-0.39, 0.29) is 25.7 Å². The number of phenolic OH excluding ortho intramolecular Hbond substituents is 1. The maximum Gasteiger partial charge on any atom is 0.331 e. The van der Waals surface area contributed by atoms with Crippen molar-refractivity contribution in [1.82, 2.24) is 0 Å². The highest BCUT2D eigenvalue weighted by molar-refractivity contribution is 8.18. The van der Waals surface area contributed by atoms with Crippen LogP contribution in [0.3, 0.4) is 0 Å². The second-order valence-electron chi connectivity index (χ2n) is 15.1. The van der Waals surface area contributed by atoms with Crippen LogP contribution in [0.15, 0.2) is 46.4 Å². The Morgan fingerprint density at radius 2 is 1.02 bits per heavy atom. The standard InChI is InChI=1S/C38H58O4S2/c1-15-37(13,16-2)27-21-25(22-28(32(27)41)38(14,17-3)18-4)43-36(11,12)44-26-23-29(34(5,6)7)33(42-20-19-31(39)40)30(24-26)35(8,9)10/h19-24,41H,15-18H2,1-14H3,(H,39,40). The molecule has 0 bridgehead atoms. The van der Waals surface area contributed by atoms with E-state index in [0.29, 0.717) is 5.75 Å². The number of ether oxygens (including phenoxy) is 1. The molecular formula is C38H58O4S2. The van der Waals surface area contributed by atoms with Crippen LogP contribution in [0.2, 0.25) is 0 Å². The quantitative estimate of drug-likeness (QED) is 0.0981. The molecule has 0 aromatic heterocycles. The van der Waals surface area contributed by atoms with E-state index >= 15 is 0 Å². The van der Waals surface area contributed by atoms with Crippen molar-refractivity contribution < 1.29 is 19.7 Å². The van der Waals surface area contributed by atoms with Crippen LogP contribution in [0.1, 0.15) is 145 Å². The molecule has 246 valence electrons. The maximum absolute atomic E-state index is 11.7. The van der Waals surface area contributed by atoms with Crippen LogP contribution in [0, 0.1) is 0 Å². The van der Waals surface area contributed by atoms with Crippen molar-refractivity contribution in [1.29, 1.82) is 0 Å². The van der Waals surface area contributed by atoms with Crippen molar-refractivity contribution in [2.45, 2.75) is 158 Å². The number of carbonyl (C=O) groups is 1. The normalized spacial score (nSPS) is 13.5. The number of carboxylic acid groups (broad SMARTS) is 1. The summed E-state index contributed by atoms with van der Waals surface area (Å²) in [6.07, 6.45) is 6.14. The Morgan fingerprint density at radius 1 is 0.682 bits per heavy atom. The zero-order chi connectivity index (χ0) is 33.9. The zero-order valence-electron chi connectivity index (χ0n) is 29.8. The van der Waals surface area contributed by atoms with Gasteiger partial charge in [0.25, 0.3) is 0 Å². The molecule has 2 aromatic carbocycles. The molecule has 0 aliphatic rings. The van der Waals surface area contributed by atoms with Gasteiger partial charge in [0.1, 0.15) is 11.5 Å². The molecule has 4 nitrogen and oxygen atoms in total. The Kier molecular flexibility index (Phi) is 12.3. The van der Waals surface area contributed by atoms with Crippen LogP contribution >= 0.6 is 23.5 Å². The SMILES string of the molecule is CCC(C)(CC)c1cc(SC(C)(C)Sc2cc(C(C)(C)C)c(OC=CC(=O)O)c(C(C)(C)C)c2)cc(C(C)(CC)CC)c1O. The fraction of sp³-hybridized carbons (Fsp3) is 0.605. The molecule has 44 heavy (non-hydrogen) atoms. The third-order valence-corrected chi connectivity index (χ3v) is 11.7. The molecule has 0 amide bonds. The van der Waals surface area contributed by atoms with Crippen LogP contribution in [0.4, 0.5) is 0 Å². The van der Waals surface area contributed by atoms with E-state index < -0.39 is 5.97 Å². The largest absolute Gasteiger partial charge is 0.507 e. The number of thioether (sulfide) groups is 2. The lowest BCUT2D eigenvalue weighted by Gasteiger charge is -2.35. The molecule has 0 saturated carbocycles. The summed E-state index contributed by atoms with van der Waals surface area (Å²) < 4.78 is 5.83. The molecule has 0 heterocycles. The van der Waals surface area contributed by atoms with Crippen LogP contribution in [0.5, 0.6) is 11.5 Å². The molecule has 6 heteroatoms. The minimum atomic E-state index is -1.04. The Morgan fingerprint density at radius 3 is 1.32 bits per heavy atom. The number of aliphatic carboxylic acids is 1. The highest BCUT2D eigenvalue weighted by Crippen LogP contribution is 2.52.